The zero-order valence-corrected chi connectivity index (χ0v) is 11.0. The second-order valence-corrected chi connectivity index (χ2v) is 4.83. The molecule has 90 valence electrons. The van der Waals surface area contributed by atoms with Crippen molar-refractivity contribution in [1.29, 1.82) is 0 Å². The van der Waals surface area contributed by atoms with Gasteiger partial charge in [-0.2, -0.15) is 5.10 Å². The van der Waals surface area contributed by atoms with Crippen LogP contribution >= 0.6 is 23.4 Å². The van der Waals surface area contributed by atoms with Gasteiger partial charge < -0.3 is 4.98 Å². The van der Waals surface area contributed by atoms with Gasteiger partial charge in [-0.25, -0.2) is 4.98 Å². The molecule has 7 heteroatoms. The van der Waals surface area contributed by atoms with Crippen LogP contribution < -0.4 is 5.56 Å². The first kappa shape index (κ1) is 12.2. The van der Waals surface area contributed by atoms with Crippen molar-refractivity contribution in [3.05, 3.63) is 39.0 Å². The summed E-state index contributed by atoms with van der Waals surface area (Å²) in [6.45, 7) is 1.91. The van der Waals surface area contributed by atoms with Crippen molar-refractivity contribution in [1.82, 2.24) is 19.7 Å². The first-order valence-electron chi connectivity index (χ1n) is 4.94. The summed E-state index contributed by atoms with van der Waals surface area (Å²) in [5.41, 5.74) is 1.70. The Morgan fingerprint density at radius 1 is 1.59 bits per heavy atom. The molecule has 0 saturated heterocycles. The van der Waals surface area contributed by atoms with Crippen LogP contribution in [0, 0.1) is 6.92 Å². The summed E-state index contributed by atoms with van der Waals surface area (Å²) in [7, 11) is 1.80. The van der Waals surface area contributed by atoms with E-state index in [-0.39, 0.29) is 5.56 Å². The zero-order chi connectivity index (χ0) is 12.4. The van der Waals surface area contributed by atoms with Crippen molar-refractivity contribution >= 4 is 23.4 Å². The van der Waals surface area contributed by atoms with E-state index in [1.54, 1.807) is 11.7 Å². The maximum atomic E-state index is 11.1. The number of nitrogens with one attached hydrogen (secondary N) is 1. The first-order valence-corrected chi connectivity index (χ1v) is 6.30. The van der Waals surface area contributed by atoms with Crippen LogP contribution in [0.1, 0.15) is 11.3 Å². The molecule has 2 aromatic rings. The predicted molar refractivity (Wildman–Crippen MR) is 67.4 cm³/mol. The molecule has 1 N–H and O–H groups in total. The molecular formula is C10H11ClN4OS. The molecule has 0 amide bonds. The van der Waals surface area contributed by atoms with Crippen molar-refractivity contribution in [3.63, 3.8) is 0 Å². The third-order valence-corrected chi connectivity index (χ3v) is 3.66. The summed E-state index contributed by atoms with van der Waals surface area (Å²) in [6, 6.07) is 1.38. The standard InChI is InChI=1S/C10H11ClN4OS/c1-6-7(9(11)15(2)14-6)5-17-10-12-4-3-8(16)13-10/h3-4H,5H2,1-2H3,(H,12,13,16). The van der Waals surface area contributed by atoms with Gasteiger partial charge in [0.1, 0.15) is 5.15 Å². The average Bonchev–Trinajstić information content (AvgIpc) is 2.51. The first-order chi connectivity index (χ1) is 8.08. The number of hydrogen-bond donors (Lipinski definition) is 1. The van der Waals surface area contributed by atoms with Gasteiger partial charge in [-0.05, 0) is 6.92 Å². The number of nitrogens with zero attached hydrogens (tertiary/aromatic N) is 3. The summed E-state index contributed by atoms with van der Waals surface area (Å²) < 4.78 is 1.63. The Morgan fingerprint density at radius 3 is 2.94 bits per heavy atom. The summed E-state index contributed by atoms with van der Waals surface area (Å²) in [5.74, 6) is 0.630. The molecule has 0 aliphatic carbocycles. The lowest BCUT2D eigenvalue weighted by Crippen LogP contribution is -2.05. The van der Waals surface area contributed by atoms with Gasteiger partial charge in [0.15, 0.2) is 5.16 Å². The molecular weight excluding hydrogens is 260 g/mol. The van der Waals surface area contributed by atoms with Crippen LogP contribution in [0.5, 0.6) is 0 Å². The fourth-order valence-corrected chi connectivity index (χ4v) is 2.66. The second-order valence-electron chi connectivity index (χ2n) is 3.51. The SMILES string of the molecule is Cc1nn(C)c(Cl)c1CSc1nccc(=O)[nH]1. The van der Waals surface area contributed by atoms with E-state index >= 15 is 0 Å². The number of H-pyrrole nitrogens is 1. The molecule has 2 aromatic heterocycles. The predicted octanol–water partition coefficient (Wildman–Crippen LogP) is 1.76. The molecule has 2 rings (SSSR count). The van der Waals surface area contributed by atoms with Gasteiger partial charge >= 0.3 is 0 Å². The molecule has 0 aromatic carbocycles. The number of hydrogen-bond acceptors (Lipinski definition) is 4. The Kier molecular flexibility index (Phi) is 3.54. The molecule has 0 spiro atoms. The molecule has 0 saturated carbocycles. The summed E-state index contributed by atoms with van der Waals surface area (Å²) >= 11 is 7.53. The van der Waals surface area contributed by atoms with E-state index in [2.05, 4.69) is 15.1 Å². The van der Waals surface area contributed by atoms with Crippen molar-refractivity contribution < 1.29 is 0 Å². The number of aryl methyl sites for hydroxylation is 2. The molecule has 0 radical (unpaired) electrons. The van der Waals surface area contributed by atoms with E-state index in [1.165, 1.54) is 24.0 Å². The smallest absolute Gasteiger partial charge is 0.251 e. The zero-order valence-electron chi connectivity index (χ0n) is 9.40. The Balaban J connectivity index is 2.15. The third-order valence-electron chi connectivity index (χ3n) is 2.27. The van der Waals surface area contributed by atoms with E-state index in [0.717, 1.165) is 11.3 Å². The summed E-state index contributed by atoms with van der Waals surface area (Å²) in [4.78, 5) is 17.8. The Hall–Kier alpha value is -1.27. The maximum Gasteiger partial charge on any atom is 0.251 e. The van der Waals surface area contributed by atoms with Crippen molar-refractivity contribution in [2.24, 2.45) is 7.05 Å². The fourth-order valence-electron chi connectivity index (χ4n) is 1.40. The minimum absolute atomic E-state index is 0.156. The molecule has 5 nitrogen and oxygen atoms in total. The van der Waals surface area contributed by atoms with Gasteiger partial charge in [0.2, 0.25) is 0 Å². The molecule has 0 atom stereocenters. The lowest BCUT2D eigenvalue weighted by Gasteiger charge is -2.00. The second kappa shape index (κ2) is 4.93. The van der Waals surface area contributed by atoms with Crippen LogP contribution in [-0.4, -0.2) is 19.7 Å². The molecule has 17 heavy (non-hydrogen) atoms. The van der Waals surface area contributed by atoms with Crippen LogP contribution in [0.15, 0.2) is 22.2 Å². The number of rotatable bonds is 3. The van der Waals surface area contributed by atoms with Crippen molar-refractivity contribution in [2.75, 3.05) is 0 Å². The molecule has 0 aliphatic heterocycles. The molecule has 0 bridgehead atoms. The van der Waals surface area contributed by atoms with Crippen LogP contribution in [0.4, 0.5) is 0 Å². The van der Waals surface area contributed by atoms with Crippen molar-refractivity contribution in [2.45, 2.75) is 17.8 Å². The van der Waals surface area contributed by atoms with Gasteiger partial charge in [-0.15, -0.1) is 0 Å². The fraction of sp³-hybridized carbons (Fsp3) is 0.300. The monoisotopic (exact) mass is 270 g/mol. The highest BCUT2D eigenvalue weighted by atomic mass is 35.5. The Bertz CT molecular complexity index is 592. The van der Waals surface area contributed by atoms with E-state index in [9.17, 15) is 4.79 Å². The summed E-state index contributed by atoms with van der Waals surface area (Å²) in [6.07, 6.45) is 1.48. The lowest BCUT2D eigenvalue weighted by atomic mass is 10.3. The van der Waals surface area contributed by atoms with Gasteiger partial charge in [0, 0.05) is 30.6 Å². The molecule has 0 fully saturated rings. The Morgan fingerprint density at radius 2 is 2.35 bits per heavy atom. The lowest BCUT2D eigenvalue weighted by molar-refractivity contribution is 0.757. The minimum Gasteiger partial charge on any atom is -0.301 e. The normalized spacial score (nSPS) is 10.8. The van der Waals surface area contributed by atoms with Crippen LogP contribution in [0.3, 0.4) is 0 Å². The highest BCUT2D eigenvalue weighted by Crippen LogP contribution is 2.25. The average molecular weight is 271 g/mol. The number of aromatic amines is 1. The minimum atomic E-state index is -0.156. The van der Waals surface area contributed by atoms with E-state index in [4.69, 9.17) is 11.6 Å². The highest BCUT2D eigenvalue weighted by molar-refractivity contribution is 7.98. The molecule has 0 aliphatic rings. The van der Waals surface area contributed by atoms with Gasteiger partial charge in [0.25, 0.3) is 5.56 Å². The largest absolute Gasteiger partial charge is 0.301 e. The van der Waals surface area contributed by atoms with Gasteiger partial charge in [-0.1, -0.05) is 23.4 Å². The van der Waals surface area contributed by atoms with E-state index in [1.807, 2.05) is 6.92 Å². The number of thioether (sulfide) groups is 1. The van der Waals surface area contributed by atoms with Gasteiger partial charge in [0.05, 0.1) is 5.69 Å². The molecule has 2 heterocycles. The summed E-state index contributed by atoms with van der Waals surface area (Å²) in [5, 5.41) is 5.42. The van der Waals surface area contributed by atoms with Crippen LogP contribution in [-0.2, 0) is 12.8 Å². The quantitative estimate of drug-likeness (QED) is 0.682. The van der Waals surface area contributed by atoms with Crippen LogP contribution in [0.2, 0.25) is 5.15 Å². The highest BCUT2D eigenvalue weighted by Gasteiger charge is 2.11. The van der Waals surface area contributed by atoms with Gasteiger partial charge in [-0.3, -0.25) is 9.48 Å². The Labute approximate surface area is 107 Å². The topological polar surface area (TPSA) is 63.6 Å². The number of halogens is 1. The third kappa shape index (κ3) is 2.70. The number of aromatic nitrogens is 4. The van der Waals surface area contributed by atoms with Crippen molar-refractivity contribution in [3.8, 4) is 0 Å². The van der Waals surface area contributed by atoms with E-state index in [0.29, 0.717) is 16.1 Å². The van der Waals surface area contributed by atoms with Crippen LogP contribution in [0.25, 0.3) is 0 Å². The maximum absolute atomic E-state index is 11.1. The van der Waals surface area contributed by atoms with E-state index < -0.39 is 0 Å². The molecule has 0 unspecified atom stereocenters.